The van der Waals surface area contributed by atoms with Crippen LogP contribution in [0.2, 0.25) is 0 Å². The number of halogens is 1. The molecule has 0 bridgehead atoms. The van der Waals surface area contributed by atoms with Crippen LogP contribution in [-0.2, 0) is 4.74 Å². The molecule has 2 rings (SSSR count). The highest BCUT2D eigenvalue weighted by atomic mass is 19.1. The minimum absolute atomic E-state index is 0.0215. The first-order valence-electron chi connectivity index (χ1n) is 6.79. The van der Waals surface area contributed by atoms with Crippen molar-refractivity contribution in [3.8, 4) is 0 Å². The van der Waals surface area contributed by atoms with Crippen LogP contribution < -0.4 is 5.73 Å². The van der Waals surface area contributed by atoms with Gasteiger partial charge in [-0.2, -0.15) is 0 Å². The van der Waals surface area contributed by atoms with Gasteiger partial charge in [-0.25, -0.2) is 4.39 Å². The Bertz CT molecular complexity index is 303. The van der Waals surface area contributed by atoms with Crippen molar-refractivity contribution in [1.29, 1.82) is 0 Å². The van der Waals surface area contributed by atoms with Crippen molar-refractivity contribution in [2.45, 2.75) is 82.7 Å². The van der Waals surface area contributed by atoms with E-state index in [-0.39, 0.29) is 23.2 Å². The maximum atomic E-state index is 15.2. The molecule has 0 radical (unpaired) electrons. The summed E-state index contributed by atoms with van der Waals surface area (Å²) < 4.78 is 21.2. The average molecular weight is 243 g/mol. The highest BCUT2D eigenvalue weighted by Crippen LogP contribution is 2.52. The van der Waals surface area contributed by atoms with Crippen molar-refractivity contribution in [3.05, 3.63) is 0 Å². The van der Waals surface area contributed by atoms with Crippen molar-refractivity contribution in [2.24, 2.45) is 11.7 Å². The zero-order valence-corrected chi connectivity index (χ0v) is 11.6. The molecule has 1 heterocycles. The average Bonchev–Trinajstić information content (AvgIpc) is 2.34. The lowest BCUT2D eigenvalue weighted by Gasteiger charge is -2.42. The van der Waals surface area contributed by atoms with Gasteiger partial charge in [-0.3, -0.25) is 0 Å². The van der Waals surface area contributed by atoms with Crippen LogP contribution in [0.25, 0.3) is 0 Å². The van der Waals surface area contributed by atoms with Crippen molar-refractivity contribution in [2.75, 3.05) is 0 Å². The molecule has 0 spiro atoms. The fourth-order valence-corrected chi connectivity index (χ4v) is 3.98. The summed E-state index contributed by atoms with van der Waals surface area (Å²) in [5.74, 6) is -0.0312. The monoisotopic (exact) mass is 243 g/mol. The van der Waals surface area contributed by atoms with Gasteiger partial charge < -0.3 is 10.5 Å². The molecule has 3 unspecified atom stereocenters. The van der Waals surface area contributed by atoms with Gasteiger partial charge in [0.1, 0.15) is 5.67 Å². The summed E-state index contributed by atoms with van der Waals surface area (Å²) in [6.07, 6.45) is 3.81. The lowest BCUT2D eigenvalue weighted by atomic mass is 9.68. The molecule has 1 saturated carbocycles. The van der Waals surface area contributed by atoms with E-state index in [1.807, 2.05) is 13.8 Å². The summed E-state index contributed by atoms with van der Waals surface area (Å²) in [4.78, 5) is 0. The van der Waals surface area contributed by atoms with E-state index >= 15 is 4.39 Å². The van der Waals surface area contributed by atoms with Gasteiger partial charge >= 0.3 is 0 Å². The Morgan fingerprint density at radius 3 is 2.29 bits per heavy atom. The molecule has 2 N–H and O–H groups in total. The predicted octanol–water partition coefficient (Wildman–Crippen LogP) is 3.19. The Hall–Kier alpha value is -0.150. The van der Waals surface area contributed by atoms with Gasteiger partial charge in [0.05, 0.1) is 11.2 Å². The SMILES string of the molecule is CC1(C)CC(C2(F)CCCC(N)C2)C(C)(C)O1. The summed E-state index contributed by atoms with van der Waals surface area (Å²) in [5.41, 5.74) is 4.23. The normalized spacial score (nSPS) is 44.8. The fraction of sp³-hybridized carbons (Fsp3) is 1.00. The molecule has 0 amide bonds. The predicted molar refractivity (Wildman–Crippen MR) is 67.6 cm³/mol. The highest BCUT2D eigenvalue weighted by Gasteiger charge is 2.56. The van der Waals surface area contributed by atoms with Gasteiger partial charge in [0.25, 0.3) is 0 Å². The van der Waals surface area contributed by atoms with E-state index in [1.165, 1.54) is 0 Å². The van der Waals surface area contributed by atoms with E-state index in [9.17, 15) is 0 Å². The molecule has 1 saturated heterocycles. The second kappa shape index (κ2) is 3.92. The molecule has 3 atom stereocenters. The standard InChI is InChI=1S/C14H26FNO/c1-12(2)9-11(13(3,4)17-12)14(15)7-5-6-10(16)8-14/h10-11H,5-9,16H2,1-4H3. The van der Waals surface area contributed by atoms with Crippen LogP contribution in [0, 0.1) is 5.92 Å². The van der Waals surface area contributed by atoms with Gasteiger partial charge in [0.2, 0.25) is 0 Å². The Morgan fingerprint density at radius 1 is 1.18 bits per heavy atom. The smallest absolute Gasteiger partial charge is 0.118 e. The number of nitrogens with two attached hydrogens (primary N) is 1. The van der Waals surface area contributed by atoms with Gasteiger partial charge in [-0.1, -0.05) is 0 Å². The van der Waals surface area contributed by atoms with Crippen LogP contribution in [0.4, 0.5) is 4.39 Å². The lowest BCUT2D eigenvalue weighted by Crippen LogP contribution is -2.49. The van der Waals surface area contributed by atoms with Crippen molar-refractivity contribution in [1.82, 2.24) is 0 Å². The van der Waals surface area contributed by atoms with Gasteiger partial charge in [0, 0.05) is 12.0 Å². The third-order valence-electron chi connectivity index (χ3n) is 4.47. The van der Waals surface area contributed by atoms with E-state index in [2.05, 4.69) is 13.8 Å². The minimum atomic E-state index is -1.13. The van der Waals surface area contributed by atoms with Crippen LogP contribution in [0.15, 0.2) is 0 Å². The van der Waals surface area contributed by atoms with Gasteiger partial charge in [-0.15, -0.1) is 0 Å². The third-order valence-corrected chi connectivity index (χ3v) is 4.47. The molecular formula is C14H26FNO. The Labute approximate surface area is 104 Å². The lowest BCUT2D eigenvalue weighted by molar-refractivity contribution is -0.101. The molecule has 17 heavy (non-hydrogen) atoms. The first-order chi connectivity index (χ1) is 7.65. The molecule has 100 valence electrons. The molecule has 2 nitrogen and oxygen atoms in total. The highest BCUT2D eigenvalue weighted by molar-refractivity contribution is 5.06. The van der Waals surface area contributed by atoms with Crippen molar-refractivity contribution < 1.29 is 9.13 Å². The molecule has 0 aromatic carbocycles. The summed E-state index contributed by atoms with van der Waals surface area (Å²) >= 11 is 0. The molecule has 0 aromatic heterocycles. The number of ether oxygens (including phenoxy) is 1. The number of alkyl halides is 1. The topological polar surface area (TPSA) is 35.2 Å². The quantitative estimate of drug-likeness (QED) is 0.767. The van der Waals surface area contributed by atoms with E-state index < -0.39 is 5.67 Å². The molecule has 3 heteroatoms. The van der Waals surface area contributed by atoms with E-state index in [4.69, 9.17) is 10.5 Å². The molecule has 1 aliphatic heterocycles. The van der Waals surface area contributed by atoms with Crippen LogP contribution >= 0.6 is 0 Å². The Morgan fingerprint density at radius 2 is 1.82 bits per heavy atom. The zero-order chi connectivity index (χ0) is 12.9. The Kier molecular flexibility index (Phi) is 3.07. The molecule has 2 aliphatic rings. The number of rotatable bonds is 1. The molecule has 0 aromatic rings. The number of hydrogen-bond acceptors (Lipinski definition) is 2. The first kappa shape index (κ1) is 13.3. The summed E-state index contributed by atoms with van der Waals surface area (Å²) in [7, 11) is 0. The fourth-order valence-electron chi connectivity index (χ4n) is 3.98. The van der Waals surface area contributed by atoms with E-state index in [0.717, 1.165) is 19.3 Å². The first-order valence-corrected chi connectivity index (χ1v) is 6.79. The summed E-state index contributed by atoms with van der Waals surface area (Å²) in [5, 5.41) is 0. The number of hydrogen-bond donors (Lipinski definition) is 1. The van der Waals surface area contributed by atoms with Crippen LogP contribution in [0.3, 0.4) is 0 Å². The zero-order valence-electron chi connectivity index (χ0n) is 11.6. The summed E-state index contributed by atoms with van der Waals surface area (Å²) in [6, 6.07) is 0.0215. The summed E-state index contributed by atoms with van der Waals surface area (Å²) in [6.45, 7) is 8.16. The van der Waals surface area contributed by atoms with E-state index in [1.54, 1.807) is 0 Å². The second-order valence-corrected chi connectivity index (χ2v) is 7.11. The Balaban J connectivity index is 2.21. The van der Waals surface area contributed by atoms with Gasteiger partial charge in [0.15, 0.2) is 0 Å². The van der Waals surface area contributed by atoms with Gasteiger partial charge in [-0.05, 0) is 59.8 Å². The second-order valence-electron chi connectivity index (χ2n) is 7.11. The molecule has 1 aliphatic carbocycles. The van der Waals surface area contributed by atoms with Crippen molar-refractivity contribution >= 4 is 0 Å². The van der Waals surface area contributed by atoms with Crippen LogP contribution in [0.5, 0.6) is 0 Å². The third kappa shape index (κ3) is 2.50. The van der Waals surface area contributed by atoms with Crippen molar-refractivity contribution in [3.63, 3.8) is 0 Å². The molecular weight excluding hydrogens is 217 g/mol. The maximum Gasteiger partial charge on any atom is 0.118 e. The minimum Gasteiger partial charge on any atom is -0.369 e. The van der Waals surface area contributed by atoms with Crippen LogP contribution in [-0.4, -0.2) is 22.9 Å². The molecule has 2 fully saturated rings. The van der Waals surface area contributed by atoms with E-state index in [0.29, 0.717) is 12.8 Å². The maximum absolute atomic E-state index is 15.2. The van der Waals surface area contributed by atoms with Crippen LogP contribution in [0.1, 0.15) is 59.8 Å². The largest absolute Gasteiger partial charge is 0.369 e.